The summed E-state index contributed by atoms with van der Waals surface area (Å²) in [5.41, 5.74) is 2.90. The van der Waals surface area contributed by atoms with Crippen molar-refractivity contribution in [2.45, 2.75) is 96.2 Å². The van der Waals surface area contributed by atoms with Crippen LogP contribution in [0.15, 0.2) is 23.3 Å². The van der Waals surface area contributed by atoms with Gasteiger partial charge >= 0.3 is 0 Å². The van der Waals surface area contributed by atoms with Crippen molar-refractivity contribution >= 4 is 0 Å². The Hall–Kier alpha value is -0.760. The lowest BCUT2D eigenvalue weighted by Crippen LogP contribution is -2.54. The second kappa shape index (κ2) is 9.85. The molecule has 0 radical (unpaired) electrons. The monoisotopic (exact) mass is 490 g/mol. The number of aliphatic hydroxyl groups excluding tert-OH is 1. The average molecular weight is 491 g/mol. The largest absolute Gasteiger partial charge is 0.386 e. The molecule has 0 aromatic heterocycles. The molecule has 4 aliphatic carbocycles. The van der Waals surface area contributed by atoms with Crippen LogP contribution in [0.4, 0.5) is 0 Å². The molecule has 0 spiro atoms. The first-order chi connectivity index (χ1) is 16.8. The van der Waals surface area contributed by atoms with Crippen LogP contribution in [0.3, 0.4) is 0 Å². The van der Waals surface area contributed by atoms with E-state index in [1.807, 2.05) is 0 Å². The number of hydrogen-bond donors (Lipinski definition) is 1. The summed E-state index contributed by atoms with van der Waals surface area (Å²) in [6.07, 6.45) is 12.1. The van der Waals surface area contributed by atoms with E-state index in [0.717, 1.165) is 32.1 Å². The van der Waals surface area contributed by atoms with Crippen LogP contribution < -0.4 is 0 Å². The maximum absolute atomic E-state index is 11.7. The molecule has 0 unspecified atom stereocenters. The summed E-state index contributed by atoms with van der Waals surface area (Å²) in [7, 11) is 3.44. The van der Waals surface area contributed by atoms with Gasteiger partial charge in [0.2, 0.25) is 0 Å². The molecule has 0 amide bonds. The van der Waals surface area contributed by atoms with Crippen molar-refractivity contribution in [2.75, 3.05) is 34.2 Å². The Bertz CT molecular complexity index is 831. The molecule has 3 saturated carbocycles. The topological polar surface area (TPSA) is 66.4 Å². The molecule has 5 aliphatic rings. The van der Waals surface area contributed by atoms with E-state index in [9.17, 15) is 5.11 Å². The van der Waals surface area contributed by atoms with Gasteiger partial charge in [-0.25, -0.2) is 0 Å². The van der Waals surface area contributed by atoms with Gasteiger partial charge in [-0.1, -0.05) is 31.6 Å². The zero-order chi connectivity index (χ0) is 24.8. The van der Waals surface area contributed by atoms with E-state index in [1.165, 1.54) is 12.0 Å². The molecular weight excluding hydrogens is 444 g/mol. The molecule has 1 N–H and O–H groups in total. The highest BCUT2D eigenvalue weighted by Gasteiger charge is 2.64. The molecule has 1 aliphatic heterocycles. The third kappa shape index (κ3) is 4.17. The molecule has 0 aromatic rings. The number of methoxy groups -OCH3 is 2. The zero-order valence-corrected chi connectivity index (χ0v) is 22.4. The Morgan fingerprint density at radius 2 is 1.83 bits per heavy atom. The van der Waals surface area contributed by atoms with Crippen LogP contribution >= 0.6 is 0 Å². The maximum Gasteiger partial charge on any atom is 0.172 e. The normalized spacial score (nSPS) is 46.0. The lowest BCUT2D eigenvalue weighted by Gasteiger charge is -2.58. The van der Waals surface area contributed by atoms with Crippen molar-refractivity contribution in [2.24, 2.45) is 28.6 Å². The van der Waals surface area contributed by atoms with Crippen molar-refractivity contribution in [3.05, 3.63) is 23.3 Å². The minimum Gasteiger partial charge on any atom is -0.386 e. The Morgan fingerprint density at radius 1 is 1.09 bits per heavy atom. The quantitative estimate of drug-likeness (QED) is 0.417. The molecule has 6 nitrogen and oxygen atoms in total. The van der Waals surface area contributed by atoms with Gasteiger partial charge in [0.1, 0.15) is 12.9 Å². The Kier molecular flexibility index (Phi) is 7.28. The maximum atomic E-state index is 11.7. The summed E-state index contributed by atoms with van der Waals surface area (Å²) in [5, 5.41) is 11.7. The summed E-state index contributed by atoms with van der Waals surface area (Å²) < 4.78 is 29.6. The van der Waals surface area contributed by atoms with Crippen LogP contribution in [-0.4, -0.2) is 63.4 Å². The van der Waals surface area contributed by atoms with Crippen molar-refractivity contribution < 1.29 is 28.8 Å². The SMILES string of the molecule is C/C=C1/[C@H](O)[C@@H](OC2(OC)CCOCC2)[C@H]2[C@@H]3CC=C4C[C@@H](OCOC)CC[C@]4(C)[C@H]3CC[C@]12C. The van der Waals surface area contributed by atoms with Crippen LogP contribution in [0.5, 0.6) is 0 Å². The first kappa shape index (κ1) is 25.9. The number of aliphatic hydroxyl groups is 1. The first-order valence-electron chi connectivity index (χ1n) is 13.8. The highest BCUT2D eigenvalue weighted by atomic mass is 16.7. The summed E-state index contributed by atoms with van der Waals surface area (Å²) >= 11 is 0. The van der Waals surface area contributed by atoms with Gasteiger partial charge in [-0.3, -0.25) is 0 Å². The number of fused-ring (bicyclic) bond motifs is 5. The molecule has 6 heteroatoms. The van der Waals surface area contributed by atoms with E-state index in [1.54, 1.807) is 19.8 Å². The summed E-state index contributed by atoms with van der Waals surface area (Å²) in [6.45, 7) is 8.61. The van der Waals surface area contributed by atoms with Crippen LogP contribution in [-0.2, 0) is 23.7 Å². The highest BCUT2D eigenvalue weighted by molar-refractivity contribution is 5.33. The van der Waals surface area contributed by atoms with Gasteiger partial charge in [0.05, 0.1) is 25.4 Å². The van der Waals surface area contributed by atoms with Gasteiger partial charge < -0.3 is 28.8 Å². The average Bonchev–Trinajstić information content (AvgIpc) is 3.08. The molecule has 8 atom stereocenters. The van der Waals surface area contributed by atoms with Gasteiger partial charge in [-0.2, -0.15) is 0 Å². The fraction of sp³-hybridized carbons (Fsp3) is 0.862. The van der Waals surface area contributed by atoms with E-state index in [0.29, 0.717) is 44.7 Å². The first-order valence-corrected chi connectivity index (χ1v) is 13.8. The van der Waals surface area contributed by atoms with Gasteiger partial charge in [-0.05, 0) is 73.7 Å². The summed E-state index contributed by atoms with van der Waals surface area (Å²) in [4.78, 5) is 0. The second-order valence-electron chi connectivity index (χ2n) is 12.1. The molecule has 5 rings (SSSR count). The van der Waals surface area contributed by atoms with Crippen LogP contribution in [0.1, 0.15) is 72.1 Å². The summed E-state index contributed by atoms with van der Waals surface area (Å²) in [6, 6.07) is 0. The molecule has 0 bridgehead atoms. The Morgan fingerprint density at radius 3 is 2.51 bits per heavy atom. The van der Waals surface area contributed by atoms with Gasteiger partial charge in [0.15, 0.2) is 5.79 Å². The zero-order valence-electron chi connectivity index (χ0n) is 22.4. The van der Waals surface area contributed by atoms with Gasteiger partial charge in [-0.15, -0.1) is 0 Å². The van der Waals surface area contributed by atoms with Crippen molar-refractivity contribution in [3.8, 4) is 0 Å². The second-order valence-corrected chi connectivity index (χ2v) is 12.1. The van der Waals surface area contributed by atoms with Crippen molar-refractivity contribution in [1.29, 1.82) is 0 Å². The lowest BCUT2D eigenvalue weighted by atomic mass is 9.47. The van der Waals surface area contributed by atoms with Gasteiger partial charge in [0, 0.05) is 33.0 Å². The molecule has 0 aromatic carbocycles. The predicted molar refractivity (Wildman–Crippen MR) is 134 cm³/mol. The molecular formula is C29H46O6. The molecule has 198 valence electrons. The van der Waals surface area contributed by atoms with Crippen LogP contribution in [0.2, 0.25) is 0 Å². The standard InChI is InChI=1S/C29H46O6/c1-6-22-25(30)26(35-29(32-5)13-15-33-16-14-29)24-21-8-7-19-17-20(34-18-31-4)9-11-27(19,2)23(21)10-12-28(22,24)3/h6-7,20-21,23-26,30H,8-18H2,1-5H3/b22-6-/t20-,21+,23-,24+,25-,26-,27-,28+/m0/s1. The lowest BCUT2D eigenvalue weighted by molar-refractivity contribution is -0.296. The summed E-state index contributed by atoms with van der Waals surface area (Å²) in [5.74, 6) is 0.697. The molecule has 1 heterocycles. The fourth-order valence-electron chi connectivity index (χ4n) is 8.78. The van der Waals surface area contributed by atoms with E-state index in [2.05, 4.69) is 32.9 Å². The molecule has 35 heavy (non-hydrogen) atoms. The minimum atomic E-state index is -0.669. The number of rotatable bonds is 6. The third-order valence-corrected chi connectivity index (χ3v) is 10.7. The van der Waals surface area contributed by atoms with Crippen molar-refractivity contribution in [1.82, 2.24) is 0 Å². The minimum absolute atomic E-state index is 0.0411. The van der Waals surface area contributed by atoms with E-state index >= 15 is 0 Å². The van der Waals surface area contributed by atoms with Crippen LogP contribution in [0, 0.1) is 28.6 Å². The van der Waals surface area contributed by atoms with Crippen LogP contribution in [0.25, 0.3) is 0 Å². The highest BCUT2D eigenvalue weighted by Crippen LogP contribution is 2.67. The van der Waals surface area contributed by atoms with E-state index in [4.69, 9.17) is 23.7 Å². The number of allylic oxidation sites excluding steroid dienone is 2. The predicted octanol–water partition coefficient (Wildman–Crippen LogP) is 5.00. The Balaban J connectivity index is 1.46. The smallest absolute Gasteiger partial charge is 0.172 e. The molecule has 1 saturated heterocycles. The molecule has 4 fully saturated rings. The van der Waals surface area contributed by atoms with Gasteiger partial charge in [0.25, 0.3) is 0 Å². The number of ether oxygens (including phenoxy) is 5. The van der Waals surface area contributed by atoms with Crippen molar-refractivity contribution in [3.63, 3.8) is 0 Å². The number of hydrogen-bond acceptors (Lipinski definition) is 6. The fourth-order valence-corrected chi connectivity index (χ4v) is 8.78. The third-order valence-electron chi connectivity index (χ3n) is 10.7. The van der Waals surface area contributed by atoms with E-state index in [-0.39, 0.29) is 29.0 Å². The van der Waals surface area contributed by atoms with E-state index < -0.39 is 11.9 Å². The Labute approximate surface area is 211 Å².